The Morgan fingerprint density at radius 3 is 2.48 bits per heavy atom. The predicted octanol–water partition coefficient (Wildman–Crippen LogP) is 2.48. The lowest BCUT2D eigenvalue weighted by molar-refractivity contribution is 0.0525. The molecule has 0 saturated carbocycles. The van der Waals surface area contributed by atoms with Crippen LogP contribution in [-0.4, -0.2) is 37.9 Å². The van der Waals surface area contributed by atoms with E-state index in [1.165, 1.54) is 7.11 Å². The molecular weight excluding hydrogens is 296 g/mol. The second-order valence-electron chi connectivity index (χ2n) is 6.11. The van der Waals surface area contributed by atoms with E-state index in [4.69, 9.17) is 9.47 Å². The number of nitrogens with one attached hydrogen (secondary N) is 2. The van der Waals surface area contributed by atoms with Gasteiger partial charge in [-0.15, -0.1) is 0 Å². The van der Waals surface area contributed by atoms with E-state index >= 15 is 0 Å². The predicted molar refractivity (Wildman–Crippen MR) is 88.3 cm³/mol. The van der Waals surface area contributed by atoms with Crippen LogP contribution in [0.2, 0.25) is 0 Å². The van der Waals surface area contributed by atoms with Crippen molar-refractivity contribution in [2.45, 2.75) is 39.3 Å². The number of esters is 1. The second-order valence-corrected chi connectivity index (χ2v) is 6.11. The van der Waals surface area contributed by atoms with Gasteiger partial charge in [0.25, 0.3) is 0 Å². The minimum absolute atomic E-state index is 0.339. The monoisotopic (exact) mass is 322 g/mol. The lowest BCUT2D eigenvalue weighted by Gasteiger charge is -2.19. The highest BCUT2D eigenvalue weighted by Gasteiger charge is 2.15. The molecule has 0 aliphatic carbocycles. The van der Waals surface area contributed by atoms with Crippen LogP contribution in [0.3, 0.4) is 0 Å². The summed E-state index contributed by atoms with van der Waals surface area (Å²) in [7, 11) is 1.37. The van der Waals surface area contributed by atoms with E-state index in [1.54, 1.807) is 12.1 Å². The third-order valence-corrected chi connectivity index (χ3v) is 2.94. The van der Waals surface area contributed by atoms with Gasteiger partial charge in [-0.3, -0.25) is 0 Å². The molecule has 0 unspecified atom stereocenters. The molecule has 0 spiro atoms. The second kappa shape index (κ2) is 9.15. The molecule has 23 heavy (non-hydrogen) atoms. The van der Waals surface area contributed by atoms with Crippen LogP contribution < -0.4 is 10.6 Å². The maximum absolute atomic E-state index is 11.6. The SMILES string of the molecule is COC(=O)c1ccccc1CNCCCNC(=O)OC(C)(C)C. The fraction of sp³-hybridized carbons (Fsp3) is 0.529. The van der Waals surface area contributed by atoms with E-state index < -0.39 is 11.7 Å². The first-order chi connectivity index (χ1) is 10.8. The quantitative estimate of drug-likeness (QED) is 0.596. The maximum Gasteiger partial charge on any atom is 0.407 e. The molecule has 1 rings (SSSR count). The fourth-order valence-electron chi connectivity index (χ4n) is 1.92. The molecule has 1 aromatic carbocycles. The number of methoxy groups -OCH3 is 1. The number of benzene rings is 1. The van der Waals surface area contributed by atoms with Gasteiger partial charge >= 0.3 is 12.1 Å². The van der Waals surface area contributed by atoms with Crippen LogP contribution in [0.25, 0.3) is 0 Å². The molecule has 0 radical (unpaired) electrons. The van der Waals surface area contributed by atoms with Gasteiger partial charge in [0.15, 0.2) is 0 Å². The van der Waals surface area contributed by atoms with Crippen molar-refractivity contribution in [1.82, 2.24) is 10.6 Å². The molecule has 0 fully saturated rings. The van der Waals surface area contributed by atoms with Gasteiger partial charge in [0.05, 0.1) is 12.7 Å². The smallest absolute Gasteiger partial charge is 0.407 e. The van der Waals surface area contributed by atoms with Crippen molar-refractivity contribution in [1.29, 1.82) is 0 Å². The fourth-order valence-corrected chi connectivity index (χ4v) is 1.92. The Hall–Kier alpha value is -2.08. The standard InChI is InChI=1S/C17H26N2O4/c1-17(2,3)23-16(21)19-11-7-10-18-12-13-8-5-6-9-14(13)15(20)22-4/h5-6,8-9,18H,7,10-12H2,1-4H3,(H,19,21). The highest BCUT2D eigenvalue weighted by Crippen LogP contribution is 2.09. The Kier molecular flexibility index (Phi) is 7.54. The number of ether oxygens (including phenoxy) is 2. The summed E-state index contributed by atoms with van der Waals surface area (Å²) < 4.78 is 9.91. The number of hydrogen-bond donors (Lipinski definition) is 2. The number of carbonyl (C=O) groups is 2. The lowest BCUT2D eigenvalue weighted by atomic mass is 10.1. The molecular formula is C17H26N2O4. The molecule has 0 bridgehead atoms. The number of hydrogen-bond acceptors (Lipinski definition) is 5. The van der Waals surface area contributed by atoms with Crippen molar-refractivity contribution in [3.63, 3.8) is 0 Å². The van der Waals surface area contributed by atoms with E-state index in [0.717, 1.165) is 12.0 Å². The summed E-state index contributed by atoms with van der Waals surface area (Å²) in [5, 5.41) is 5.94. The summed E-state index contributed by atoms with van der Waals surface area (Å²) in [5.41, 5.74) is 0.966. The molecule has 6 nitrogen and oxygen atoms in total. The number of carbonyl (C=O) groups excluding carboxylic acids is 2. The number of alkyl carbamates (subject to hydrolysis) is 1. The molecule has 2 N–H and O–H groups in total. The van der Waals surface area contributed by atoms with Crippen molar-refractivity contribution in [2.24, 2.45) is 0 Å². The summed E-state index contributed by atoms with van der Waals surface area (Å²) in [6.45, 7) is 7.29. The van der Waals surface area contributed by atoms with Crippen molar-refractivity contribution in [3.8, 4) is 0 Å². The van der Waals surface area contributed by atoms with Crippen LogP contribution in [0, 0.1) is 0 Å². The van der Waals surface area contributed by atoms with Crippen molar-refractivity contribution >= 4 is 12.1 Å². The minimum atomic E-state index is -0.486. The summed E-state index contributed by atoms with van der Waals surface area (Å²) in [4.78, 5) is 23.1. The lowest BCUT2D eigenvalue weighted by Crippen LogP contribution is -2.33. The number of amides is 1. The van der Waals surface area contributed by atoms with E-state index in [2.05, 4.69) is 10.6 Å². The van der Waals surface area contributed by atoms with Crippen LogP contribution in [0.5, 0.6) is 0 Å². The van der Waals surface area contributed by atoms with Gasteiger partial charge in [-0.1, -0.05) is 18.2 Å². The molecule has 1 aromatic rings. The van der Waals surface area contributed by atoms with E-state index in [1.807, 2.05) is 32.9 Å². The third kappa shape index (κ3) is 7.65. The Morgan fingerprint density at radius 2 is 1.83 bits per heavy atom. The topological polar surface area (TPSA) is 76.7 Å². The molecule has 0 aliphatic rings. The Labute approximate surface area is 137 Å². The molecule has 6 heteroatoms. The zero-order valence-electron chi connectivity index (χ0n) is 14.3. The van der Waals surface area contributed by atoms with Crippen molar-refractivity contribution in [3.05, 3.63) is 35.4 Å². The zero-order chi connectivity index (χ0) is 17.3. The van der Waals surface area contributed by atoms with E-state index in [0.29, 0.717) is 25.2 Å². The Morgan fingerprint density at radius 1 is 1.13 bits per heavy atom. The van der Waals surface area contributed by atoms with Gasteiger partial charge in [0.1, 0.15) is 5.60 Å². The van der Waals surface area contributed by atoms with Gasteiger partial charge in [-0.25, -0.2) is 9.59 Å². The highest BCUT2D eigenvalue weighted by atomic mass is 16.6. The van der Waals surface area contributed by atoms with E-state index in [9.17, 15) is 9.59 Å². The van der Waals surface area contributed by atoms with Crippen LogP contribution in [0.15, 0.2) is 24.3 Å². The minimum Gasteiger partial charge on any atom is -0.465 e. The summed E-state index contributed by atoms with van der Waals surface area (Å²) in [6, 6.07) is 7.32. The maximum atomic E-state index is 11.6. The molecule has 1 amide bonds. The first kappa shape index (κ1) is 19.0. The summed E-state index contributed by atoms with van der Waals surface area (Å²) in [6.07, 6.45) is 0.355. The first-order valence-corrected chi connectivity index (χ1v) is 7.67. The largest absolute Gasteiger partial charge is 0.465 e. The molecule has 0 heterocycles. The van der Waals surface area contributed by atoms with Gasteiger partial charge in [-0.05, 0) is 45.4 Å². The van der Waals surface area contributed by atoms with Gasteiger partial charge in [0, 0.05) is 13.1 Å². The highest BCUT2D eigenvalue weighted by molar-refractivity contribution is 5.90. The average Bonchev–Trinajstić information content (AvgIpc) is 2.48. The van der Waals surface area contributed by atoms with Gasteiger partial charge < -0.3 is 20.1 Å². The molecule has 128 valence electrons. The first-order valence-electron chi connectivity index (χ1n) is 7.67. The summed E-state index contributed by atoms with van der Waals surface area (Å²) >= 11 is 0. The van der Waals surface area contributed by atoms with Crippen LogP contribution in [0.1, 0.15) is 43.1 Å². The van der Waals surface area contributed by atoms with Crippen molar-refractivity contribution < 1.29 is 19.1 Å². The molecule has 0 aromatic heterocycles. The Bertz CT molecular complexity index is 524. The molecule has 0 atom stereocenters. The van der Waals surface area contributed by atoms with Gasteiger partial charge in [-0.2, -0.15) is 0 Å². The van der Waals surface area contributed by atoms with Crippen LogP contribution in [0.4, 0.5) is 4.79 Å². The normalized spacial score (nSPS) is 11.0. The van der Waals surface area contributed by atoms with Crippen molar-refractivity contribution in [2.75, 3.05) is 20.2 Å². The van der Waals surface area contributed by atoms with Gasteiger partial charge in [0.2, 0.25) is 0 Å². The third-order valence-electron chi connectivity index (χ3n) is 2.94. The molecule has 0 saturated heterocycles. The van der Waals surface area contributed by atoms with Crippen LogP contribution in [-0.2, 0) is 16.0 Å². The van der Waals surface area contributed by atoms with Crippen LogP contribution >= 0.6 is 0 Å². The number of rotatable bonds is 7. The average molecular weight is 322 g/mol. The van der Waals surface area contributed by atoms with E-state index in [-0.39, 0.29) is 5.97 Å². The summed E-state index contributed by atoms with van der Waals surface area (Å²) in [5.74, 6) is -0.339. The Balaban J connectivity index is 2.26. The zero-order valence-corrected chi connectivity index (χ0v) is 14.3. The molecule has 0 aliphatic heterocycles.